The summed E-state index contributed by atoms with van der Waals surface area (Å²) in [6.07, 6.45) is 6.53. The molecule has 7 heteroatoms. The number of aromatic nitrogens is 2. The van der Waals surface area contributed by atoms with E-state index in [1.54, 1.807) is 0 Å². The van der Waals surface area contributed by atoms with Gasteiger partial charge < -0.3 is 9.84 Å². The highest BCUT2D eigenvalue weighted by Crippen LogP contribution is 2.41. The van der Waals surface area contributed by atoms with Crippen LogP contribution >= 0.6 is 11.6 Å². The van der Waals surface area contributed by atoms with Gasteiger partial charge in [-0.25, -0.2) is 4.39 Å². The van der Waals surface area contributed by atoms with Crippen LogP contribution in [0.4, 0.5) is 4.39 Å². The molecule has 0 unspecified atom stereocenters. The van der Waals surface area contributed by atoms with Gasteiger partial charge in [0, 0.05) is 10.9 Å². The summed E-state index contributed by atoms with van der Waals surface area (Å²) in [5.41, 5.74) is -0.802. The molecule has 0 bridgehead atoms. The van der Waals surface area contributed by atoms with Crippen LogP contribution in [-0.2, 0) is 5.54 Å². The minimum atomic E-state index is -0.732. The van der Waals surface area contributed by atoms with E-state index in [-0.39, 0.29) is 5.56 Å². The van der Waals surface area contributed by atoms with Crippen LogP contribution in [0.15, 0.2) is 22.7 Å². The minimum absolute atomic E-state index is 0.0700. The maximum atomic E-state index is 14.0. The lowest BCUT2D eigenvalue weighted by Gasteiger charge is -2.34. The number of hydrogen-bond acceptors (Lipinski definition) is 4. The highest BCUT2D eigenvalue weighted by Gasteiger charge is 2.42. The van der Waals surface area contributed by atoms with E-state index in [2.05, 4.69) is 15.5 Å². The quantitative estimate of drug-likeness (QED) is 0.877. The lowest BCUT2D eigenvalue weighted by Crippen LogP contribution is -2.47. The van der Waals surface area contributed by atoms with E-state index in [1.807, 2.05) is 0 Å². The second-order valence-electron chi connectivity index (χ2n) is 6.95. The van der Waals surface area contributed by atoms with Crippen molar-refractivity contribution in [1.82, 2.24) is 15.5 Å². The molecule has 0 saturated heterocycles. The molecule has 2 fully saturated rings. The molecular weight excluding hydrogens is 345 g/mol. The van der Waals surface area contributed by atoms with Crippen molar-refractivity contribution in [3.8, 4) is 0 Å². The van der Waals surface area contributed by atoms with Crippen LogP contribution in [0.2, 0.25) is 5.02 Å². The van der Waals surface area contributed by atoms with E-state index in [4.69, 9.17) is 16.1 Å². The van der Waals surface area contributed by atoms with Crippen LogP contribution in [0.25, 0.3) is 0 Å². The van der Waals surface area contributed by atoms with Gasteiger partial charge in [-0.15, -0.1) is 0 Å². The SMILES string of the molecule is O=C(NC1(c2nc(C3CC3)no2)CCCCC1)c1cc(Cl)ccc1F. The Labute approximate surface area is 149 Å². The van der Waals surface area contributed by atoms with Gasteiger partial charge in [-0.05, 0) is 43.9 Å². The smallest absolute Gasteiger partial charge is 0.255 e. The summed E-state index contributed by atoms with van der Waals surface area (Å²) in [4.78, 5) is 17.3. The van der Waals surface area contributed by atoms with Crippen molar-refractivity contribution in [1.29, 1.82) is 0 Å². The molecule has 4 rings (SSSR count). The molecule has 1 heterocycles. The summed E-state index contributed by atoms with van der Waals surface area (Å²) in [6, 6.07) is 3.96. The molecule has 2 aliphatic rings. The number of nitrogens with one attached hydrogen (secondary N) is 1. The molecule has 1 aromatic carbocycles. The Kier molecular flexibility index (Phi) is 4.23. The van der Waals surface area contributed by atoms with E-state index >= 15 is 0 Å². The summed E-state index contributed by atoms with van der Waals surface area (Å²) in [5, 5.41) is 7.37. The summed E-state index contributed by atoms with van der Waals surface area (Å²) in [7, 11) is 0. The van der Waals surface area contributed by atoms with Crippen molar-refractivity contribution in [2.75, 3.05) is 0 Å². The van der Waals surface area contributed by atoms with E-state index in [9.17, 15) is 9.18 Å². The molecule has 132 valence electrons. The lowest BCUT2D eigenvalue weighted by molar-refractivity contribution is 0.0820. The monoisotopic (exact) mass is 363 g/mol. The average molecular weight is 364 g/mol. The van der Waals surface area contributed by atoms with Crippen molar-refractivity contribution in [2.24, 2.45) is 0 Å². The van der Waals surface area contributed by atoms with E-state index < -0.39 is 17.3 Å². The summed E-state index contributed by atoms with van der Waals surface area (Å²) in [6.45, 7) is 0. The molecule has 1 N–H and O–H groups in total. The second-order valence-corrected chi connectivity index (χ2v) is 7.39. The maximum absolute atomic E-state index is 14.0. The number of benzene rings is 1. The first-order chi connectivity index (χ1) is 12.1. The molecule has 0 spiro atoms. The van der Waals surface area contributed by atoms with Gasteiger partial charge in [0.15, 0.2) is 5.82 Å². The average Bonchev–Trinajstić information content (AvgIpc) is 3.34. The molecule has 0 aliphatic heterocycles. The number of carbonyl (C=O) groups excluding carboxylic acids is 1. The van der Waals surface area contributed by atoms with E-state index in [1.165, 1.54) is 18.2 Å². The van der Waals surface area contributed by atoms with Gasteiger partial charge in [-0.3, -0.25) is 4.79 Å². The second kappa shape index (κ2) is 6.41. The molecule has 2 aliphatic carbocycles. The van der Waals surface area contributed by atoms with Crippen molar-refractivity contribution in [2.45, 2.75) is 56.4 Å². The van der Waals surface area contributed by atoms with Gasteiger partial charge >= 0.3 is 0 Å². The van der Waals surface area contributed by atoms with Gasteiger partial charge in [0.2, 0.25) is 0 Å². The lowest BCUT2D eigenvalue weighted by atomic mass is 9.81. The highest BCUT2D eigenvalue weighted by molar-refractivity contribution is 6.31. The van der Waals surface area contributed by atoms with Crippen LogP contribution in [0.3, 0.4) is 0 Å². The topological polar surface area (TPSA) is 68.0 Å². The molecule has 1 aromatic heterocycles. The molecule has 0 radical (unpaired) electrons. The number of carbonyl (C=O) groups is 1. The Bertz CT molecular complexity index is 797. The van der Waals surface area contributed by atoms with Crippen LogP contribution in [0.5, 0.6) is 0 Å². The number of amides is 1. The highest BCUT2D eigenvalue weighted by atomic mass is 35.5. The van der Waals surface area contributed by atoms with Gasteiger partial charge in [0.05, 0.1) is 5.56 Å². The van der Waals surface area contributed by atoms with Crippen LogP contribution in [0.1, 0.15) is 72.9 Å². The molecule has 5 nitrogen and oxygen atoms in total. The zero-order valence-corrected chi connectivity index (χ0v) is 14.5. The Morgan fingerprint density at radius 2 is 2.04 bits per heavy atom. The van der Waals surface area contributed by atoms with Crippen molar-refractivity contribution >= 4 is 17.5 Å². The van der Waals surface area contributed by atoms with E-state index in [0.717, 1.165) is 32.1 Å². The van der Waals surface area contributed by atoms with Crippen molar-refractivity contribution in [3.05, 3.63) is 46.3 Å². The number of hydrogen-bond donors (Lipinski definition) is 1. The Balaban J connectivity index is 1.64. The van der Waals surface area contributed by atoms with E-state index in [0.29, 0.717) is 35.5 Å². The Morgan fingerprint density at radius 3 is 2.76 bits per heavy atom. The predicted octanol–water partition coefficient (Wildman–Crippen LogP) is 4.33. The van der Waals surface area contributed by atoms with Gasteiger partial charge in [-0.1, -0.05) is 36.0 Å². The van der Waals surface area contributed by atoms with Crippen LogP contribution in [0, 0.1) is 5.82 Å². The number of halogens is 2. The molecule has 2 saturated carbocycles. The van der Waals surface area contributed by atoms with Crippen molar-refractivity contribution in [3.63, 3.8) is 0 Å². The largest absolute Gasteiger partial charge is 0.338 e. The third kappa shape index (κ3) is 3.27. The first-order valence-corrected chi connectivity index (χ1v) is 9.07. The fourth-order valence-electron chi connectivity index (χ4n) is 3.44. The molecule has 25 heavy (non-hydrogen) atoms. The Morgan fingerprint density at radius 1 is 1.28 bits per heavy atom. The number of rotatable bonds is 4. The van der Waals surface area contributed by atoms with Crippen LogP contribution < -0.4 is 5.32 Å². The van der Waals surface area contributed by atoms with Crippen molar-refractivity contribution < 1.29 is 13.7 Å². The Hall–Kier alpha value is -1.95. The predicted molar refractivity (Wildman–Crippen MR) is 89.9 cm³/mol. The molecule has 2 aromatic rings. The van der Waals surface area contributed by atoms with Gasteiger partial charge in [0.25, 0.3) is 11.8 Å². The number of nitrogens with zero attached hydrogens (tertiary/aromatic N) is 2. The third-order valence-electron chi connectivity index (χ3n) is 5.03. The van der Waals surface area contributed by atoms with Crippen LogP contribution in [-0.4, -0.2) is 16.0 Å². The first-order valence-electron chi connectivity index (χ1n) is 8.69. The normalized spacial score (nSPS) is 19.6. The maximum Gasteiger partial charge on any atom is 0.255 e. The fourth-order valence-corrected chi connectivity index (χ4v) is 3.61. The summed E-state index contributed by atoms with van der Waals surface area (Å²) in [5.74, 6) is 0.414. The zero-order chi connectivity index (χ0) is 17.4. The third-order valence-corrected chi connectivity index (χ3v) is 5.26. The first kappa shape index (κ1) is 16.5. The standard InChI is InChI=1S/C18H19ClFN3O2/c19-12-6-7-14(20)13(10-12)16(24)22-18(8-2-1-3-9-18)17-21-15(23-25-17)11-4-5-11/h6-7,10-11H,1-5,8-9H2,(H,22,24). The van der Waals surface area contributed by atoms with Gasteiger partial charge in [0.1, 0.15) is 11.4 Å². The summed E-state index contributed by atoms with van der Waals surface area (Å²) >= 11 is 5.91. The molecular formula is C18H19ClFN3O2. The minimum Gasteiger partial charge on any atom is -0.338 e. The summed E-state index contributed by atoms with van der Waals surface area (Å²) < 4.78 is 19.6. The van der Waals surface area contributed by atoms with Gasteiger partial charge in [-0.2, -0.15) is 4.98 Å². The molecule has 0 atom stereocenters. The molecule has 1 amide bonds. The zero-order valence-electron chi connectivity index (χ0n) is 13.7. The fraction of sp³-hybridized carbons (Fsp3) is 0.500.